The zero-order chi connectivity index (χ0) is 21.1. The van der Waals surface area contributed by atoms with Crippen molar-refractivity contribution in [3.05, 3.63) is 68.4 Å². The van der Waals surface area contributed by atoms with Crippen molar-refractivity contribution in [1.29, 1.82) is 0 Å². The Kier molecular flexibility index (Phi) is 6.31. The lowest BCUT2D eigenvalue weighted by Crippen LogP contribution is -2.47. The second kappa shape index (κ2) is 8.73. The number of benzene rings is 2. The monoisotopic (exact) mass is 507 g/mol. The highest BCUT2D eigenvalue weighted by molar-refractivity contribution is 14.1. The van der Waals surface area contributed by atoms with Crippen LogP contribution in [0.4, 0.5) is 4.79 Å². The normalized spacial score (nSPS) is 16.5. The average molecular weight is 507 g/mol. The highest BCUT2D eigenvalue weighted by Crippen LogP contribution is 2.38. The summed E-state index contributed by atoms with van der Waals surface area (Å²) in [5.41, 5.74) is 2.62. The Morgan fingerprint density at radius 1 is 1.31 bits per heavy atom. The van der Waals surface area contributed by atoms with Gasteiger partial charge in [-0.3, -0.25) is 4.79 Å². The molecule has 3 N–H and O–H groups in total. The topological polar surface area (TPSA) is 90.9 Å². The maximum Gasteiger partial charge on any atom is 0.322 e. The Balaban J connectivity index is 1.97. The zero-order valence-electron chi connectivity index (χ0n) is 16.3. The number of urea groups is 1. The first-order chi connectivity index (χ1) is 13.8. The van der Waals surface area contributed by atoms with E-state index in [0.717, 1.165) is 5.56 Å². The molecule has 1 unspecified atom stereocenters. The van der Waals surface area contributed by atoms with E-state index in [2.05, 4.69) is 10.6 Å². The Labute approximate surface area is 182 Å². The highest BCUT2D eigenvalue weighted by Gasteiger charge is 2.34. The van der Waals surface area contributed by atoms with Crippen molar-refractivity contribution >= 4 is 34.5 Å². The summed E-state index contributed by atoms with van der Waals surface area (Å²) in [6.45, 7) is 2.11. The van der Waals surface area contributed by atoms with Crippen molar-refractivity contribution in [2.24, 2.45) is 0 Å². The number of phenols is 1. The van der Waals surface area contributed by atoms with Crippen molar-refractivity contribution in [3.8, 4) is 11.5 Å². The second-order valence-electron chi connectivity index (χ2n) is 6.66. The van der Waals surface area contributed by atoms with Gasteiger partial charge in [0.1, 0.15) is 0 Å². The SMILES string of the molecule is COc1cc(C2NC(=O)N(C)C(C)=C2C(=O)NCc2ccccc2)cc(I)c1O. The Hall–Kier alpha value is -2.75. The number of amides is 3. The highest BCUT2D eigenvalue weighted by atomic mass is 127. The predicted octanol–water partition coefficient (Wildman–Crippen LogP) is 3.29. The van der Waals surface area contributed by atoms with Gasteiger partial charge in [0.05, 0.1) is 22.3 Å². The molecule has 7 nitrogen and oxygen atoms in total. The van der Waals surface area contributed by atoms with Crippen LogP contribution >= 0.6 is 22.6 Å². The fourth-order valence-corrected chi connectivity index (χ4v) is 3.79. The fourth-order valence-electron chi connectivity index (χ4n) is 3.17. The average Bonchev–Trinajstić information content (AvgIpc) is 2.72. The summed E-state index contributed by atoms with van der Waals surface area (Å²) >= 11 is 1.99. The van der Waals surface area contributed by atoms with Crippen LogP contribution in [-0.2, 0) is 11.3 Å². The minimum atomic E-state index is -0.669. The van der Waals surface area contributed by atoms with Crippen molar-refractivity contribution in [1.82, 2.24) is 15.5 Å². The molecule has 152 valence electrons. The Morgan fingerprint density at radius 3 is 2.66 bits per heavy atom. The molecular weight excluding hydrogens is 485 g/mol. The van der Waals surface area contributed by atoms with Gasteiger partial charge in [0.2, 0.25) is 0 Å². The molecule has 0 aromatic heterocycles. The molecule has 0 radical (unpaired) electrons. The van der Waals surface area contributed by atoms with E-state index in [0.29, 0.717) is 26.9 Å². The molecule has 1 aliphatic rings. The van der Waals surface area contributed by atoms with Gasteiger partial charge in [-0.15, -0.1) is 0 Å². The van der Waals surface area contributed by atoms with Gasteiger partial charge in [0, 0.05) is 19.3 Å². The van der Waals surface area contributed by atoms with Crippen LogP contribution in [-0.4, -0.2) is 36.1 Å². The van der Waals surface area contributed by atoms with E-state index in [-0.39, 0.29) is 23.4 Å². The van der Waals surface area contributed by atoms with Gasteiger partial charge in [-0.25, -0.2) is 4.79 Å². The van der Waals surface area contributed by atoms with Crippen LogP contribution < -0.4 is 15.4 Å². The molecule has 0 spiro atoms. The van der Waals surface area contributed by atoms with Crippen LogP contribution in [0.15, 0.2) is 53.7 Å². The first-order valence-corrected chi connectivity index (χ1v) is 10.0. The molecule has 3 amide bonds. The van der Waals surface area contributed by atoms with E-state index in [1.165, 1.54) is 12.0 Å². The molecular formula is C21H22IN3O4. The molecule has 1 aliphatic heterocycles. The third kappa shape index (κ3) is 4.31. The molecule has 2 aromatic rings. The molecule has 0 aliphatic carbocycles. The smallest absolute Gasteiger partial charge is 0.322 e. The quantitative estimate of drug-likeness (QED) is 0.542. The summed E-state index contributed by atoms with van der Waals surface area (Å²) in [7, 11) is 3.07. The van der Waals surface area contributed by atoms with Gasteiger partial charge in [-0.05, 0) is 52.8 Å². The predicted molar refractivity (Wildman–Crippen MR) is 117 cm³/mol. The van der Waals surface area contributed by atoms with Crippen LogP contribution in [0.2, 0.25) is 0 Å². The summed E-state index contributed by atoms with van der Waals surface area (Å²) in [4.78, 5) is 26.9. The number of rotatable bonds is 5. The maximum absolute atomic E-state index is 13.1. The number of hydrogen-bond donors (Lipinski definition) is 3. The third-order valence-electron chi connectivity index (χ3n) is 4.90. The third-order valence-corrected chi connectivity index (χ3v) is 5.72. The van der Waals surface area contributed by atoms with Crippen LogP contribution in [0, 0.1) is 3.57 Å². The number of carbonyl (C=O) groups excluding carboxylic acids is 2. The largest absolute Gasteiger partial charge is 0.504 e. The number of allylic oxidation sites excluding steroid dienone is 1. The van der Waals surface area contributed by atoms with E-state index in [9.17, 15) is 14.7 Å². The molecule has 0 saturated carbocycles. The number of methoxy groups -OCH3 is 1. The molecule has 1 atom stereocenters. The van der Waals surface area contributed by atoms with Crippen LogP contribution in [0.25, 0.3) is 0 Å². The Morgan fingerprint density at radius 2 is 2.00 bits per heavy atom. The van der Waals surface area contributed by atoms with Crippen molar-refractivity contribution in [3.63, 3.8) is 0 Å². The van der Waals surface area contributed by atoms with E-state index in [1.807, 2.05) is 52.9 Å². The maximum atomic E-state index is 13.1. The lowest BCUT2D eigenvalue weighted by molar-refractivity contribution is -0.118. The molecule has 0 fully saturated rings. The van der Waals surface area contributed by atoms with Gasteiger partial charge in [0.15, 0.2) is 11.5 Å². The standard InChI is InChI=1S/C21H22IN3O4/c1-12-17(20(27)23-11-13-7-5-4-6-8-13)18(24-21(28)25(12)2)14-9-15(22)19(26)16(10-14)29-3/h4-10,18,26H,11H2,1-3H3,(H,23,27)(H,24,28). The summed E-state index contributed by atoms with van der Waals surface area (Å²) in [6.07, 6.45) is 0. The summed E-state index contributed by atoms with van der Waals surface area (Å²) in [6, 6.07) is 12.0. The minimum absolute atomic E-state index is 0.0203. The molecule has 0 bridgehead atoms. The number of hydrogen-bond acceptors (Lipinski definition) is 4. The fraction of sp³-hybridized carbons (Fsp3) is 0.238. The van der Waals surface area contributed by atoms with E-state index in [1.54, 1.807) is 26.1 Å². The number of nitrogens with zero attached hydrogens (tertiary/aromatic N) is 1. The van der Waals surface area contributed by atoms with Crippen LogP contribution in [0.1, 0.15) is 24.1 Å². The lowest BCUT2D eigenvalue weighted by atomic mass is 9.94. The van der Waals surface area contributed by atoms with E-state index < -0.39 is 6.04 Å². The van der Waals surface area contributed by atoms with E-state index in [4.69, 9.17) is 4.74 Å². The van der Waals surface area contributed by atoms with Crippen LogP contribution in [0.3, 0.4) is 0 Å². The molecule has 1 heterocycles. The van der Waals surface area contributed by atoms with Gasteiger partial charge in [-0.1, -0.05) is 30.3 Å². The van der Waals surface area contributed by atoms with Crippen LogP contribution in [0.5, 0.6) is 11.5 Å². The molecule has 8 heteroatoms. The summed E-state index contributed by atoms with van der Waals surface area (Å²) in [5.74, 6) is 0.0268. The number of aromatic hydroxyl groups is 1. The van der Waals surface area contributed by atoms with Gasteiger partial charge in [-0.2, -0.15) is 0 Å². The lowest BCUT2D eigenvalue weighted by Gasteiger charge is -2.34. The van der Waals surface area contributed by atoms with Crippen molar-refractivity contribution in [2.45, 2.75) is 19.5 Å². The number of carbonyl (C=O) groups is 2. The summed E-state index contributed by atoms with van der Waals surface area (Å²) < 4.78 is 5.80. The number of nitrogens with one attached hydrogen (secondary N) is 2. The molecule has 29 heavy (non-hydrogen) atoms. The Bertz CT molecular complexity index is 975. The summed E-state index contributed by atoms with van der Waals surface area (Å²) in [5, 5.41) is 15.9. The molecule has 0 saturated heterocycles. The minimum Gasteiger partial charge on any atom is -0.504 e. The van der Waals surface area contributed by atoms with Crippen molar-refractivity contribution < 1.29 is 19.4 Å². The number of ether oxygens (including phenoxy) is 1. The zero-order valence-corrected chi connectivity index (χ0v) is 18.5. The first-order valence-electron chi connectivity index (χ1n) is 8.97. The second-order valence-corrected chi connectivity index (χ2v) is 7.82. The number of phenolic OH excluding ortho intramolecular Hbond substituents is 1. The van der Waals surface area contributed by atoms with Gasteiger partial charge in [0.25, 0.3) is 5.91 Å². The van der Waals surface area contributed by atoms with Crippen molar-refractivity contribution in [2.75, 3.05) is 14.2 Å². The van der Waals surface area contributed by atoms with E-state index >= 15 is 0 Å². The molecule has 3 rings (SSSR count). The van der Waals surface area contributed by atoms with Gasteiger partial charge < -0.3 is 25.4 Å². The van der Waals surface area contributed by atoms with Gasteiger partial charge >= 0.3 is 6.03 Å². The first kappa shape index (κ1) is 21.0. The number of halogens is 1. The molecule has 2 aromatic carbocycles.